The van der Waals surface area contributed by atoms with Crippen LogP contribution in [0.15, 0.2) is 0 Å². The normalized spacial score (nSPS) is 12.7. The summed E-state index contributed by atoms with van der Waals surface area (Å²) in [6, 6.07) is 0. The zero-order chi connectivity index (χ0) is 37.8. The first-order valence-electron chi connectivity index (χ1n) is 22.1. The van der Waals surface area contributed by atoms with E-state index in [9.17, 15) is 14.4 Å². The predicted octanol–water partition coefficient (Wildman–Crippen LogP) is 13.7. The van der Waals surface area contributed by atoms with Crippen LogP contribution in [0, 0.1) is 17.8 Å². The summed E-state index contributed by atoms with van der Waals surface area (Å²) in [7, 11) is 0. The molecule has 6 nitrogen and oxygen atoms in total. The highest BCUT2D eigenvalue weighted by Gasteiger charge is 2.19. The molecule has 2 atom stereocenters. The number of hydrogen-bond donors (Lipinski definition) is 0. The van der Waals surface area contributed by atoms with Gasteiger partial charge in [0.15, 0.2) is 6.10 Å². The van der Waals surface area contributed by atoms with E-state index in [4.69, 9.17) is 14.2 Å². The predicted molar refractivity (Wildman–Crippen MR) is 215 cm³/mol. The van der Waals surface area contributed by atoms with Gasteiger partial charge in [-0.3, -0.25) is 14.4 Å². The third-order valence-electron chi connectivity index (χ3n) is 10.3. The van der Waals surface area contributed by atoms with Crippen LogP contribution in [0.2, 0.25) is 0 Å². The van der Waals surface area contributed by atoms with Crippen molar-refractivity contribution in [3.63, 3.8) is 0 Å². The number of hydrogen-bond acceptors (Lipinski definition) is 6. The van der Waals surface area contributed by atoms with Gasteiger partial charge < -0.3 is 14.2 Å². The molecule has 0 aliphatic carbocycles. The molecular formula is C45H86O6. The van der Waals surface area contributed by atoms with Crippen LogP contribution >= 0.6 is 0 Å². The van der Waals surface area contributed by atoms with Gasteiger partial charge in [0.05, 0.1) is 0 Å². The van der Waals surface area contributed by atoms with E-state index < -0.39 is 6.10 Å². The van der Waals surface area contributed by atoms with Crippen molar-refractivity contribution in [2.45, 2.75) is 240 Å². The second-order valence-corrected chi connectivity index (χ2v) is 16.5. The van der Waals surface area contributed by atoms with E-state index >= 15 is 0 Å². The Balaban J connectivity index is 4.34. The van der Waals surface area contributed by atoms with Gasteiger partial charge in [0, 0.05) is 19.3 Å². The Bertz CT molecular complexity index is 794. The molecule has 6 heteroatoms. The zero-order valence-electron chi connectivity index (χ0n) is 34.9. The van der Waals surface area contributed by atoms with Crippen LogP contribution < -0.4 is 0 Å². The summed E-state index contributed by atoms with van der Waals surface area (Å²) < 4.78 is 16.7. The van der Waals surface area contributed by atoms with Crippen molar-refractivity contribution in [1.82, 2.24) is 0 Å². The quantitative estimate of drug-likeness (QED) is 0.0359. The van der Waals surface area contributed by atoms with Gasteiger partial charge in [-0.2, -0.15) is 0 Å². The molecule has 0 amide bonds. The van der Waals surface area contributed by atoms with E-state index in [1.165, 1.54) is 116 Å². The second kappa shape index (κ2) is 36.8. The Morgan fingerprint density at radius 1 is 0.392 bits per heavy atom. The molecule has 0 radical (unpaired) electrons. The average Bonchev–Trinajstić information content (AvgIpc) is 3.09. The maximum atomic E-state index is 12.7. The maximum Gasteiger partial charge on any atom is 0.306 e. The van der Waals surface area contributed by atoms with Crippen molar-refractivity contribution in [3.05, 3.63) is 0 Å². The van der Waals surface area contributed by atoms with Crippen LogP contribution in [0.4, 0.5) is 0 Å². The Hall–Kier alpha value is -1.59. The lowest BCUT2D eigenvalue weighted by Gasteiger charge is -2.18. The standard InChI is InChI=1S/C45H86O6/c1-7-41(6)33-27-21-14-10-8-9-11-15-24-30-36-45(48)51-42(38-50-44(47)35-29-23-18-17-20-26-32-40(4)5)37-49-43(46)34-28-22-16-12-13-19-25-31-39(2)3/h39-42H,7-38H2,1-6H3/t41?,42-/m1/s1. The summed E-state index contributed by atoms with van der Waals surface area (Å²) in [5, 5.41) is 0. The number of esters is 3. The molecule has 0 N–H and O–H groups in total. The van der Waals surface area contributed by atoms with Crippen LogP contribution in [-0.2, 0) is 28.6 Å². The lowest BCUT2D eigenvalue weighted by atomic mass is 9.99. The maximum absolute atomic E-state index is 12.7. The van der Waals surface area contributed by atoms with Crippen LogP contribution in [0.5, 0.6) is 0 Å². The largest absolute Gasteiger partial charge is 0.462 e. The Morgan fingerprint density at radius 2 is 0.686 bits per heavy atom. The van der Waals surface area contributed by atoms with Gasteiger partial charge in [-0.15, -0.1) is 0 Å². The number of unbranched alkanes of at least 4 members (excludes halogenated alkanes) is 20. The molecule has 0 aromatic heterocycles. The highest BCUT2D eigenvalue weighted by Crippen LogP contribution is 2.17. The molecule has 0 aromatic carbocycles. The molecule has 0 aromatic rings. The van der Waals surface area contributed by atoms with Crippen molar-refractivity contribution < 1.29 is 28.6 Å². The van der Waals surface area contributed by atoms with Crippen molar-refractivity contribution in [3.8, 4) is 0 Å². The molecule has 0 rings (SSSR count). The van der Waals surface area contributed by atoms with E-state index in [-0.39, 0.29) is 31.1 Å². The fraction of sp³-hybridized carbons (Fsp3) is 0.933. The molecule has 0 aliphatic heterocycles. The summed E-state index contributed by atoms with van der Waals surface area (Å²) in [5.74, 6) is 1.54. The Morgan fingerprint density at radius 3 is 1.02 bits per heavy atom. The minimum atomic E-state index is -0.762. The highest BCUT2D eigenvalue weighted by molar-refractivity contribution is 5.71. The van der Waals surface area contributed by atoms with Gasteiger partial charge in [-0.25, -0.2) is 0 Å². The molecule has 0 spiro atoms. The van der Waals surface area contributed by atoms with Crippen molar-refractivity contribution in [1.29, 1.82) is 0 Å². The number of rotatable bonds is 38. The first-order chi connectivity index (χ1) is 24.6. The Kier molecular flexibility index (Phi) is 35.6. The Labute approximate surface area is 317 Å². The SMILES string of the molecule is CCC(C)CCCCCCCCCCCCC(=O)O[C@H](COC(=O)CCCCCCCCCC(C)C)COC(=O)CCCCCCCCC(C)C. The molecular weight excluding hydrogens is 636 g/mol. The molecule has 0 heterocycles. The fourth-order valence-electron chi connectivity index (χ4n) is 6.49. The molecule has 0 aliphatic rings. The van der Waals surface area contributed by atoms with Gasteiger partial charge in [-0.1, -0.05) is 196 Å². The van der Waals surface area contributed by atoms with E-state index in [1.807, 2.05) is 0 Å². The van der Waals surface area contributed by atoms with Crippen molar-refractivity contribution >= 4 is 17.9 Å². The second-order valence-electron chi connectivity index (χ2n) is 16.5. The highest BCUT2D eigenvalue weighted by atomic mass is 16.6. The van der Waals surface area contributed by atoms with E-state index in [2.05, 4.69) is 41.5 Å². The van der Waals surface area contributed by atoms with Gasteiger partial charge in [0.1, 0.15) is 13.2 Å². The molecule has 51 heavy (non-hydrogen) atoms. The molecule has 0 saturated heterocycles. The van der Waals surface area contributed by atoms with Crippen molar-refractivity contribution in [2.24, 2.45) is 17.8 Å². The van der Waals surface area contributed by atoms with Crippen LogP contribution in [-0.4, -0.2) is 37.2 Å². The fourth-order valence-corrected chi connectivity index (χ4v) is 6.49. The van der Waals surface area contributed by atoms with Crippen LogP contribution in [0.1, 0.15) is 234 Å². The van der Waals surface area contributed by atoms with Crippen LogP contribution in [0.3, 0.4) is 0 Å². The van der Waals surface area contributed by atoms with Gasteiger partial charge in [0.25, 0.3) is 0 Å². The topological polar surface area (TPSA) is 78.9 Å². The van der Waals surface area contributed by atoms with Crippen LogP contribution in [0.25, 0.3) is 0 Å². The number of carbonyl (C=O) groups is 3. The molecule has 0 fully saturated rings. The zero-order valence-corrected chi connectivity index (χ0v) is 34.9. The van der Waals surface area contributed by atoms with E-state index in [0.717, 1.165) is 75.5 Å². The van der Waals surface area contributed by atoms with E-state index in [1.54, 1.807) is 0 Å². The van der Waals surface area contributed by atoms with E-state index in [0.29, 0.717) is 19.3 Å². The monoisotopic (exact) mass is 723 g/mol. The van der Waals surface area contributed by atoms with Crippen molar-refractivity contribution in [2.75, 3.05) is 13.2 Å². The van der Waals surface area contributed by atoms with Gasteiger partial charge >= 0.3 is 17.9 Å². The smallest absolute Gasteiger partial charge is 0.306 e. The third-order valence-corrected chi connectivity index (χ3v) is 10.3. The summed E-state index contributed by atoms with van der Waals surface area (Å²) in [6.45, 7) is 13.6. The number of ether oxygens (including phenoxy) is 3. The lowest BCUT2D eigenvalue weighted by molar-refractivity contribution is -0.167. The summed E-state index contributed by atoms with van der Waals surface area (Å²) >= 11 is 0. The first-order valence-corrected chi connectivity index (χ1v) is 22.1. The third kappa shape index (κ3) is 38.0. The minimum absolute atomic E-state index is 0.0677. The molecule has 0 bridgehead atoms. The van der Waals surface area contributed by atoms with Gasteiger partial charge in [-0.05, 0) is 37.0 Å². The summed E-state index contributed by atoms with van der Waals surface area (Å²) in [4.78, 5) is 37.6. The average molecular weight is 723 g/mol. The molecule has 1 unspecified atom stereocenters. The van der Waals surface area contributed by atoms with Gasteiger partial charge in [0.2, 0.25) is 0 Å². The first kappa shape index (κ1) is 49.4. The minimum Gasteiger partial charge on any atom is -0.462 e. The molecule has 302 valence electrons. The summed E-state index contributed by atoms with van der Waals surface area (Å²) in [5.41, 5.74) is 0. The molecule has 0 saturated carbocycles. The lowest BCUT2D eigenvalue weighted by Crippen LogP contribution is -2.30. The number of carbonyl (C=O) groups excluding carboxylic acids is 3. The summed E-state index contributed by atoms with van der Waals surface area (Å²) in [6.07, 6.45) is 32.4.